The minimum atomic E-state index is -1.13. The molecular weight excluding hydrogens is 551 g/mol. The molecule has 2 aliphatic heterocycles. The molecule has 2 saturated heterocycles. The fourth-order valence-electron chi connectivity index (χ4n) is 5.14. The van der Waals surface area contributed by atoms with E-state index in [1.807, 2.05) is 30.6 Å². The van der Waals surface area contributed by atoms with Crippen molar-refractivity contribution >= 4 is 28.9 Å². The van der Waals surface area contributed by atoms with Gasteiger partial charge in [0.2, 0.25) is 5.79 Å². The van der Waals surface area contributed by atoms with Crippen LogP contribution in [0.1, 0.15) is 11.1 Å². The summed E-state index contributed by atoms with van der Waals surface area (Å²) in [5.41, 5.74) is 3.18. The maximum atomic E-state index is 6.55. The second-order valence-electron chi connectivity index (χ2n) is 9.94. The van der Waals surface area contributed by atoms with Crippen molar-refractivity contribution in [3.8, 4) is 5.75 Å². The maximum absolute atomic E-state index is 6.55. The Morgan fingerprint density at radius 1 is 0.950 bits per heavy atom. The molecule has 2 atom stereocenters. The third kappa shape index (κ3) is 6.24. The largest absolute Gasteiger partial charge is 0.491 e. The number of hydrogen-bond donors (Lipinski definition) is 0. The number of anilines is 1. The summed E-state index contributed by atoms with van der Waals surface area (Å²) in [6, 6.07) is 17.7. The van der Waals surface area contributed by atoms with Gasteiger partial charge in [0.1, 0.15) is 37.7 Å². The van der Waals surface area contributed by atoms with Crippen molar-refractivity contribution < 1.29 is 14.2 Å². The Morgan fingerprint density at radius 3 is 2.48 bits per heavy atom. The molecule has 6 rings (SSSR count). The summed E-state index contributed by atoms with van der Waals surface area (Å²) >= 11 is 12.7. The molecule has 2 aromatic carbocycles. The topological polar surface area (TPSA) is 77.8 Å². The lowest BCUT2D eigenvalue weighted by atomic mass is 10.1. The lowest BCUT2D eigenvalue weighted by Gasteiger charge is -2.36. The van der Waals surface area contributed by atoms with Gasteiger partial charge >= 0.3 is 0 Å². The van der Waals surface area contributed by atoms with E-state index in [0.29, 0.717) is 28.8 Å². The third-order valence-electron chi connectivity index (χ3n) is 7.20. The van der Waals surface area contributed by atoms with E-state index in [4.69, 9.17) is 37.4 Å². The van der Waals surface area contributed by atoms with Gasteiger partial charge in [0.05, 0.1) is 11.6 Å². The highest BCUT2D eigenvalue weighted by Gasteiger charge is 2.45. The van der Waals surface area contributed by atoms with Gasteiger partial charge in [0.15, 0.2) is 0 Å². The van der Waals surface area contributed by atoms with E-state index in [0.717, 1.165) is 38.5 Å². The van der Waals surface area contributed by atoms with Crippen LogP contribution in [0.4, 0.5) is 5.69 Å². The van der Waals surface area contributed by atoms with E-state index >= 15 is 0 Å². The van der Waals surface area contributed by atoms with Crippen LogP contribution in [0.5, 0.6) is 5.75 Å². The Kier molecular flexibility index (Phi) is 8.17. The molecule has 11 heteroatoms. The molecule has 208 valence electrons. The molecule has 40 heavy (non-hydrogen) atoms. The zero-order valence-corrected chi connectivity index (χ0v) is 23.4. The Labute approximate surface area is 243 Å². The second-order valence-corrected chi connectivity index (χ2v) is 10.8. The van der Waals surface area contributed by atoms with Crippen molar-refractivity contribution in [1.82, 2.24) is 24.6 Å². The molecule has 0 radical (unpaired) electrons. The van der Waals surface area contributed by atoms with Crippen LogP contribution in [0, 0.1) is 0 Å². The fraction of sp³-hybridized carbons (Fsp3) is 0.345. The minimum Gasteiger partial charge on any atom is -0.491 e. The summed E-state index contributed by atoms with van der Waals surface area (Å²) in [6.45, 7) is 5.93. The van der Waals surface area contributed by atoms with Gasteiger partial charge in [0.25, 0.3) is 0 Å². The smallest absolute Gasteiger partial charge is 0.217 e. The SMILES string of the molecule is Clc1ccc([C@]2(Cn3cncn3)OC[C@@H](COc3ccc(N4CCN(Cc5ccncc5)CC4)cc3)O2)c(Cl)c1. The van der Waals surface area contributed by atoms with Crippen LogP contribution in [-0.4, -0.2) is 70.1 Å². The highest BCUT2D eigenvalue weighted by molar-refractivity contribution is 6.35. The highest BCUT2D eigenvalue weighted by Crippen LogP contribution is 2.40. The third-order valence-corrected chi connectivity index (χ3v) is 7.75. The fourth-order valence-corrected chi connectivity index (χ4v) is 5.69. The normalized spacial score (nSPS) is 21.6. The molecular formula is C29H30Cl2N6O3. The summed E-state index contributed by atoms with van der Waals surface area (Å²) in [7, 11) is 0. The van der Waals surface area contributed by atoms with Gasteiger partial charge in [-0.25, -0.2) is 9.67 Å². The number of nitrogens with zero attached hydrogens (tertiary/aromatic N) is 6. The van der Waals surface area contributed by atoms with Crippen LogP contribution in [0.25, 0.3) is 0 Å². The molecule has 4 heterocycles. The molecule has 0 unspecified atom stereocenters. The van der Waals surface area contributed by atoms with Crippen LogP contribution < -0.4 is 9.64 Å². The van der Waals surface area contributed by atoms with Gasteiger partial charge in [0, 0.05) is 61.4 Å². The molecule has 0 bridgehead atoms. The van der Waals surface area contributed by atoms with E-state index in [1.54, 1.807) is 23.1 Å². The van der Waals surface area contributed by atoms with E-state index in [1.165, 1.54) is 17.6 Å². The van der Waals surface area contributed by atoms with Gasteiger partial charge in [-0.15, -0.1) is 0 Å². The van der Waals surface area contributed by atoms with Crippen molar-refractivity contribution in [2.24, 2.45) is 0 Å². The maximum Gasteiger partial charge on any atom is 0.217 e. The van der Waals surface area contributed by atoms with Crippen molar-refractivity contribution in [2.45, 2.75) is 25.0 Å². The van der Waals surface area contributed by atoms with E-state index in [-0.39, 0.29) is 12.6 Å². The molecule has 0 amide bonds. The van der Waals surface area contributed by atoms with Crippen LogP contribution in [0.15, 0.2) is 79.6 Å². The highest BCUT2D eigenvalue weighted by atomic mass is 35.5. The first-order chi connectivity index (χ1) is 19.6. The minimum absolute atomic E-state index is 0.287. The van der Waals surface area contributed by atoms with Gasteiger partial charge in [-0.1, -0.05) is 29.3 Å². The van der Waals surface area contributed by atoms with E-state index in [9.17, 15) is 0 Å². The molecule has 0 aliphatic carbocycles. The van der Waals surface area contributed by atoms with Gasteiger partial charge in [-0.05, 0) is 54.1 Å². The number of halogens is 2. The molecule has 0 N–H and O–H groups in total. The van der Waals surface area contributed by atoms with Crippen molar-refractivity contribution in [3.05, 3.63) is 101 Å². The van der Waals surface area contributed by atoms with Gasteiger partial charge in [-0.2, -0.15) is 5.10 Å². The average molecular weight is 582 g/mol. The Hall–Kier alpha value is -3.21. The van der Waals surface area contributed by atoms with E-state index < -0.39 is 5.79 Å². The zero-order chi connectivity index (χ0) is 27.4. The lowest BCUT2D eigenvalue weighted by molar-refractivity contribution is -0.190. The van der Waals surface area contributed by atoms with Crippen LogP contribution >= 0.6 is 23.2 Å². The molecule has 4 aromatic rings. The summed E-state index contributed by atoms with van der Waals surface area (Å²) in [4.78, 5) is 13.0. The van der Waals surface area contributed by atoms with Crippen molar-refractivity contribution in [3.63, 3.8) is 0 Å². The number of hydrogen-bond acceptors (Lipinski definition) is 8. The molecule has 0 spiro atoms. The monoisotopic (exact) mass is 580 g/mol. The Balaban J connectivity index is 1.04. The van der Waals surface area contributed by atoms with E-state index in [2.05, 4.69) is 49.1 Å². The van der Waals surface area contributed by atoms with Gasteiger partial charge < -0.3 is 19.1 Å². The van der Waals surface area contributed by atoms with Gasteiger partial charge in [-0.3, -0.25) is 9.88 Å². The molecule has 2 fully saturated rings. The summed E-state index contributed by atoms with van der Waals surface area (Å²) in [6.07, 6.45) is 6.49. The Bertz CT molecular complexity index is 1380. The van der Waals surface area contributed by atoms with Crippen LogP contribution in [0.3, 0.4) is 0 Å². The first kappa shape index (κ1) is 27.0. The zero-order valence-electron chi connectivity index (χ0n) is 21.9. The standard InChI is InChI=1S/C29H30Cl2N6O3/c30-23-1-6-27(28(31)15-23)29(19-37-21-33-20-34-37)39-18-26(40-29)17-38-25-4-2-24(3-5-25)36-13-11-35(12-14-36)16-22-7-9-32-10-8-22/h1-10,15,20-21,26H,11-14,16-19H2/t26-,29-/m1/s1. The number of rotatable bonds is 9. The summed E-state index contributed by atoms with van der Waals surface area (Å²) < 4.78 is 20.4. The van der Waals surface area contributed by atoms with Crippen molar-refractivity contribution in [2.75, 3.05) is 44.3 Å². The number of aromatic nitrogens is 4. The first-order valence-corrected chi connectivity index (χ1v) is 14.0. The molecule has 2 aromatic heterocycles. The summed E-state index contributed by atoms with van der Waals surface area (Å²) in [5.74, 6) is -0.353. The Morgan fingerprint density at radius 2 is 1.75 bits per heavy atom. The first-order valence-electron chi connectivity index (χ1n) is 13.3. The second kappa shape index (κ2) is 12.1. The molecule has 2 aliphatic rings. The average Bonchev–Trinajstić information content (AvgIpc) is 3.64. The van der Waals surface area contributed by atoms with Crippen LogP contribution in [-0.2, 0) is 28.4 Å². The lowest BCUT2D eigenvalue weighted by Crippen LogP contribution is -2.45. The van der Waals surface area contributed by atoms with Crippen LogP contribution in [0.2, 0.25) is 10.0 Å². The number of pyridine rings is 1. The quantitative estimate of drug-likeness (QED) is 0.283. The number of ether oxygens (including phenoxy) is 3. The van der Waals surface area contributed by atoms with Crippen molar-refractivity contribution in [1.29, 1.82) is 0 Å². The number of piperazine rings is 1. The molecule has 0 saturated carbocycles. The predicted octanol–water partition coefficient (Wildman–Crippen LogP) is 4.65. The molecule has 9 nitrogen and oxygen atoms in total. The number of benzene rings is 2. The summed E-state index contributed by atoms with van der Waals surface area (Å²) in [5, 5.41) is 5.22. The predicted molar refractivity (Wildman–Crippen MR) is 153 cm³/mol.